The second-order valence-electron chi connectivity index (χ2n) is 3.98. The molecule has 2 rings (SSSR count). The zero-order chi connectivity index (χ0) is 12.6. The van der Waals surface area contributed by atoms with Crippen LogP contribution in [0.2, 0.25) is 5.02 Å². The van der Waals surface area contributed by atoms with Crippen molar-refractivity contribution in [1.29, 1.82) is 0 Å². The lowest BCUT2D eigenvalue weighted by molar-refractivity contribution is -0.117. The monoisotopic (exact) mass is 381 g/mol. The summed E-state index contributed by atoms with van der Waals surface area (Å²) in [4.78, 5) is 13.4. The zero-order valence-corrected chi connectivity index (χ0v) is 12.7. The van der Waals surface area contributed by atoms with Crippen molar-refractivity contribution in [3.63, 3.8) is 0 Å². The molecule has 0 saturated carbocycles. The van der Waals surface area contributed by atoms with Crippen LogP contribution in [-0.2, 0) is 4.79 Å². The van der Waals surface area contributed by atoms with Gasteiger partial charge in [-0.3, -0.25) is 4.79 Å². The van der Waals surface area contributed by atoms with Gasteiger partial charge in [0.2, 0.25) is 5.91 Å². The third-order valence-corrected chi connectivity index (χ3v) is 4.46. The number of halogens is 3. The average Bonchev–Trinajstić information content (AvgIpc) is 2.65. The summed E-state index contributed by atoms with van der Waals surface area (Å²) in [6.45, 7) is 0.602. The first-order chi connectivity index (χ1) is 8.02. The van der Waals surface area contributed by atoms with E-state index in [4.69, 9.17) is 11.6 Å². The predicted molar refractivity (Wildman–Crippen MR) is 75.1 cm³/mol. The van der Waals surface area contributed by atoms with Crippen molar-refractivity contribution in [3.05, 3.63) is 21.6 Å². The number of nitrogens with zero attached hydrogens (tertiary/aromatic N) is 1. The van der Waals surface area contributed by atoms with Gasteiger partial charge in [0.05, 0.1) is 10.2 Å². The molecule has 1 saturated heterocycles. The first kappa shape index (κ1) is 13.2. The third kappa shape index (κ3) is 2.61. The molecule has 1 N–H and O–H groups in total. The number of amides is 1. The lowest BCUT2D eigenvalue weighted by atomic mass is 10.2. The van der Waals surface area contributed by atoms with Crippen LogP contribution in [-0.4, -0.2) is 22.9 Å². The maximum absolute atomic E-state index is 11.9. The summed E-state index contributed by atoms with van der Waals surface area (Å²) >= 11 is 12.5. The van der Waals surface area contributed by atoms with Crippen LogP contribution in [0.15, 0.2) is 16.6 Å². The number of rotatable bonds is 2. The fraction of sp³-hybridized carbons (Fsp3) is 0.364. The van der Waals surface area contributed by atoms with Gasteiger partial charge in [-0.15, -0.1) is 0 Å². The number of carbonyl (C=O) groups excluding carboxylic acids is 1. The summed E-state index contributed by atoms with van der Waals surface area (Å²) in [6, 6.07) is 3.21. The molecule has 6 heteroatoms. The Morgan fingerprint density at radius 2 is 2.24 bits per heavy atom. The molecule has 1 aromatic rings. The molecule has 1 aliphatic rings. The van der Waals surface area contributed by atoms with E-state index < -0.39 is 0 Å². The number of benzene rings is 1. The second-order valence-corrected chi connectivity index (χ2v) is 5.92. The standard InChI is InChI=1S/C11H10Br2ClNO2/c12-4-6-1-10(16)15(5-6)9-3-7(14)2-8(13)11(9)17/h2-3,6,17H,1,4-5H2. The largest absolute Gasteiger partial charge is 0.505 e. The average molecular weight is 383 g/mol. The second kappa shape index (κ2) is 5.16. The first-order valence-electron chi connectivity index (χ1n) is 5.07. The number of phenolic OH excluding ortho intramolecular Hbond substituents is 1. The van der Waals surface area contributed by atoms with Crippen molar-refractivity contribution < 1.29 is 9.90 Å². The van der Waals surface area contributed by atoms with Gasteiger partial charge in [-0.05, 0) is 34.0 Å². The van der Waals surface area contributed by atoms with Crippen LogP contribution in [0.25, 0.3) is 0 Å². The molecule has 1 unspecified atom stereocenters. The van der Waals surface area contributed by atoms with Crippen LogP contribution in [0.1, 0.15) is 6.42 Å². The van der Waals surface area contributed by atoms with Gasteiger partial charge in [-0.25, -0.2) is 0 Å². The minimum Gasteiger partial charge on any atom is -0.505 e. The van der Waals surface area contributed by atoms with Crippen molar-refractivity contribution in [1.82, 2.24) is 0 Å². The summed E-state index contributed by atoms with van der Waals surface area (Å²) < 4.78 is 0.495. The Balaban J connectivity index is 2.38. The fourth-order valence-electron chi connectivity index (χ4n) is 1.88. The van der Waals surface area contributed by atoms with E-state index >= 15 is 0 Å². The van der Waals surface area contributed by atoms with Gasteiger partial charge >= 0.3 is 0 Å². The van der Waals surface area contributed by atoms with Crippen molar-refractivity contribution in [2.24, 2.45) is 5.92 Å². The molecule has 1 heterocycles. The van der Waals surface area contributed by atoms with E-state index in [2.05, 4.69) is 31.9 Å². The Morgan fingerprint density at radius 3 is 2.82 bits per heavy atom. The van der Waals surface area contributed by atoms with Crippen LogP contribution >= 0.6 is 43.5 Å². The molecule has 3 nitrogen and oxygen atoms in total. The number of carbonyl (C=O) groups is 1. The normalized spacial score (nSPS) is 20.1. The summed E-state index contributed by atoms with van der Waals surface area (Å²) in [5, 5.41) is 11.2. The predicted octanol–water partition coefficient (Wildman–Crippen LogP) is 3.56. The molecule has 0 aliphatic carbocycles. The molecule has 0 bridgehead atoms. The minimum atomic E-state index is 0.0129. The Hall–Kier alpha value is -0.260. The number of aromatic hydroxyl groups is 1. The van der Waals surface area contributed by atoms with Gasteiger partial charge in [0.1, 0.15) is 0 Å². The molecule has 1 aromatic carbocycles. The lowest BCUT2D eigenvalue weighted by Crippen LogP contribution is -2.24. The summed E-state index contributed by atoms with van der Waals surface area (Å²) in [5.41, 5.74) is 0.470. The highest BCUT2D eigenvalue weighted by atomic mass is 79.9. The van der Waals surface area contributed by atoms with E-state index in [1.54, 1.807) is 17.0 Å². The SMILES string of the molecule is O=C1CC(CBr)CN1c1cc(Cl)cc(Br)c1O. The van der Waals surface area contributed by atoms with Crippen LogP contribution < -0.4 is 4.90 Å². The highest BCUT2D eigenvalue weighted by molar-refractivity contribution is 9.10. The molecule has 1 aliphatic heterocycles. The Bertz CT molecular complexity index is 467. The molecule has 0 spiro atoms. The number of hydrogen-bond donors (Lipinski definition) is 1. The van der Waals surface area contributed by atoms with E-state index in [0.29, 0.717) is 28.1 Å². The molecule has 0 radical (unpaired) electrons. The van der Waals surface area contributed by atoms with Gasteiger partial charge < -0.3 is 10.0 Å². The number of phenols is 1. The van der Waals surface area contributed by atoms with Crippen molar-refractivity contribution in [2.45, 2.75) is 6.42 Å². The third-order valence-electron chi connectivity index (χ3n) is 2.72. The Morgan fingerprint density at radius 1 is 1.53 bits per heavy atom. The maximum atomic E-state index is 11.9. The maximum Gasteiger partial charge on any atom is 0.227 e. The zero-order valence-electron chi connectivity index (χ0n) is 8.79. The van der Waals surface area contributed by atoms with Crippen LogP contribution in [0, 0.1) is 5.92 Å². The summed E-state index contributed by atoms with van der Waals surface area (Å²) in [6.07, 6.45) is 0.495. The Labute approximate surface area is 121 Å². The molecule has 1 atom stereocenters. The van der Waals surface area contributed by atoms with Crippen molar-refractivity contribution in [2.75, 3.05) is 16.8 Å². The Kier molecular flexibility index (Phi) is 4.00. The van der Waals surface area contributed by atoms with Gasteiger partial charge in [-0.1, -0.05) is 27.5 Å². The van der Waals surface area contributed by atoms with E-state index in [9.17, 15) is 9.90 Å². The number of anilines is 1. The topological polar surface area (TPSA) is 40.5 Å². The van der Waals surface area contributed by atoms with Gasteiger partial charge in [0.15, 0.2) is 5.75 Å². The number of alkyl halides is 1. The highest BCUT2D eigenvalue weighted by Crippen LogP contribution is 2.40. The first-order valence-corrected chi connectivity index (χ1v) is 7.36. The van der Waals surface area contributed by atoms with Gasteiger partial charge in [0.25, 0.3) is 0 Å². The van der Waals surface area contributed by atoms with Crippen LogP contribution in [0.5, 0.6) is 5.75 Å². The van der Waals surface area contributed by atoms with E-state index in [0.717, 1.165) is 5.33 Å². The molecular weight excluding hydrogens is 373 g/mol. The molecule has 92 valence electrons. The molecule has 1 fully saturated rings. The summed E-state index contributed by atoms with van der Waals surface area (Å²) in [5.74, 6) is 0.344. The van der Waals surface area contributed by atoms with E-state index in [1.807, 2.05) is 0 Å². The molecule has 0 aromatic heterocycles. The fourth-order valence-corrected chi connectivity index (χ4v) is 3.10. The van der Waals surface area contributed by atoms with E-state index in [-0.39, 0.29) is 17.6 Å². The van der Waals surface area contributed by atoms with Crippen molar-refractivity contribution >= 4 is 55.1 Å². The molecule has 17 heavy (non-hydrogen) atoms. The molecular formula is C11H10Br2ClNO2. The van der Waals surface area contributed by atoms with Crippen LogP contribution in [0.3, 0.4) is 0 Å². The van der Waals surface area contributed by atoms with Gasteiger partial charge in [0, 0.05) is 23.3 Å². The number of hydrogen-bond acceptors (Lipinski definition) is 2. The van der Waals surface area contributed by atoms with Crippen molar-refractivity contribution in [3.8, 4) is 5.75 Å². The van der Waals surface area contributed by atoms with Crippen LogP contribution in [0.4, 0.5) is 5.69 Å². The van der Waals surface area contributed by atoms with Gasteiger partial charge in [-0.2, -0.15) is 0 Å². The van der Waals surface area contributed by atoms with E-state index in [1.165, 1.54) is 0 Å². The smallest absolute Gasteiger partial charge is 0.227 e. The highest BCUT2D eigenvalue weighted by Gasteiger charge is 2.31. The summed E-state index contributed by atoms with van der Waals surface area (Å²) in [7, 11) is 0. The quantitative estimate of drug-likeness (QED) is 0.794. The molecule has 1 amide bonds. The minimum absolute atomic E-state index is 0.0129. The lowest BCUT2D eigenvalue weighted by Gasteiger charge is -2.18.